The minimum atomic E-state index is -0.240. The van der Waals surface area contributed by atoms with Gasteiger partial charge in [-0.15, -0.1) is 0 Å². The third-order valence-corrected chi connectivity index (χ3v) is 4.58. The van der Waals surface area contributed by atoms with Gasteiger partial charge in [0.25, 0.3) is 0 Å². The van der Waals surface area contributed by atoms with E-state index in [0.29, 0.717) is 11.1 Å². The van der Waals surface area contributed by atoms with Crippen molar-refractivity contribution in [2.45, 2.75) is 50.7 Å². The summed E-state index contributed by atoms with van der Waals surface area (Å²) in [6.07, 6.45) is 5.50. The molecule has 0 spiro atoms. The minimum Gasteiger partial charge on any atom is -0.368 e. The lowest BCUT2D eigenvalue weighted by Crippen LogP contribution is -2.48. The summed E-state index contributed by atoms with van der Waals surface area (Å²) in [6, 6.07) is 6.38. The number of hydrogen-bond acceptors (Lipinski definition) is 3. The molecule has 114 valence electrons. The Morgan fingerprint density at radius 1 is 1.33 bits per heavy atom. The van der Waals surface area contributed by atoms with Gasteiger partial charge >= 0.3 is 0 Å². The van der Waals surface area contributed by atoms with E-state index in [2.05, 4.69) is 16.3 Å². The smallest absolute Gasteiger partial charge is 0.240 e. The van der Waals surface area contributed by atoms with Crippen LogP contribution in [0.1, 0.15) is 37.7 Å². The summed E-state index contributed by atoms with van der Waals surface area (Å²) in [5.41, 5.74) is 7.83. The lowest BCUT2D eigenvalue weighted by molar-refractivity contribution is -0.119. The average molecular weight is 308 g/mol. The van der Waals surface area contributed by atoms with Crippen LogP contribution in [0.15, 0.2) is 18.2 Å². The molecule has 1 saturated heterocycles. The molecule has 4 nitrogen and oxygen atoms in total. The van der Waals surface area contributed by atoms with Crippen LogP contribution >= 0.6 is 11.6 Å². The molecule has 1 atom stereocenters. The summed E-state index contributed by atoms with van der Waals surface area (Å²) in [7, 11) is 0. The number of halogens is 1. The van der Waals surface area contributed by atoms with Crippen LogP contribution in [-0.4, -0.2) is 24.5 Å². The first-order valence-corrected chi connectivity index (χ1v) is 8.11. The lowest BCUT2D eigenvalue weighted by Gasteiger charge is -2.37. The summed E-state index contributed by atoms with van der Waals surface area (Å²) in [4.78, 5) is 13.9. The van der Waals surface area contributed by atoms with E-state index in [-0.39, 0.29) is 11.9 Å². The molecule has 0 bridgehead atoms. The number of piperidine rings is 1. The first-order chi connectivity index (χ1) is 10.1. The molecule has 1 unspecified atom stereocenters. The molecule has 1 heterocycles. The second-order valence-electron chi connectivity index (χ2n) is 6.04. The number of hydrogen-bond donors (Lipinski definition) is 2. The van der Waals surface area contributed by atoms with Gasteiger partial charge in [0.15, 0.2) is 0 Å². The van der Waals surface area contributed by atoms with Crippen LogP contribution in [0.2, 0.25) is 5.02 Å². The fourth-order valence-corrected chi connectivity index (χ4v) is 3.18. The average Bonchev–Trinajstić information content (AvgIpc) is 3.30. The van der Waals surface area contributed by atoms with Crippen LogP contribution in [0.25, 0.3) is 0 Å². The lowest BCUT2D eigenvalue weighted by atomic mass is 9.99. The fourth-order valence-electron chi connectivity index (χ4n) is 3.01. The molecule has 21 heavy (non-hydrogen) atoms. The van der Waals surface area contributed by atoms with Crippen molar-refractivity contribution in [3.8, 4) is 0 Å². The number of carbonyl (C=O) groups is 1. The number of nitrogens with zero attached hydrogens (tertiary/aromatic N) is 1. The van der Waals surface area contributed by atoms with E-state index in [4.69, 9.17) is 17.3 Å². The maximum absolute atomic E-state index is 11.7. The number of rotatable bonds is 5. The molecule has 1 aromatic rings. The van der Waals surface area contributed by atoms with Gasteiger partial charge < -0.3 is 16.0 Å². The SMILES string of the molecule is NC(=O)C1CCCCN1c1cc(Cl)ccc1CNC1CC1. The highest BCUT2D eigenvalue weighted by Gasteiger charge is 2.29. The molecule has 2 aliphatic rings. The Labute approximate surface area is 130 Å². The molecule has 1 aliphatic carbocycles. The maximum atomic E-state index is 11.7. The number of carbonyl (C=O) groups excluding carboxylic acids is 1. The van der Waals surface area contributed by atoms with Crippen LogP contribution in [0.4, 0.5) is 5.69 Å². The van der Waals surface area contributed by atoms with E-state index in [1.807, 2.05) is 12.1 Å². The van der Waals surface area contributed by atoms with Gasteiger partial charge in [0.1, 0.15) is 6.04 Å². The van der Waals surface area contributed by atoms with Gasteiger partial charge in [0.2, 0.25) is 5.91 Å². The van der Waals surface area contributed by atoms with Crippen molar-refractivity contribution in [3.05, 3.63) is 28.8 Å². The molecule has 3 rings (SSSR count). The monoisotopic (exact) mass is 307 g/mol. The molecule has 3 N–H and O–H groups in total. The van der Waals surface area contributed by atoms with Crippen molar-refractivity contribution in [1.82, 2.24) is 5.32 Å². The van der Waals surface area contributed by atoms with Crippen LogP contribution in [-0.2, 0) is 11.3 Å². The quantitative estimate of drug-likeness (QED) is 0.878. The predicted octanol–water partition coefficient (Wildman–Crippen LogP) is 2.44. The maximum Gasteiger partial charge on any atom is 0.240 e. The van der Waals surface area contributed by atoms with Crippen molar-refractivity contribution in [2.24, 2.45) is 5.73 Å². The van der Waals surface area contributed by atoms with Gasteiger partial charge in [-0.25, -0.2) is 0 Å². The first-order valence-electron chi connectivity index (χ1n) is 7.73. The first kappa shape index (κ1) is 14.7. The Balaban J connectivity index is 1.86. The number of benzene rings is 1. The largest absolute Gasteiger partial charge is 0.368 e. The zero-order valence-corrected chi connectivity index (χ0v) is 12.9. The highest BCUT2D eigenvalue weighted by Crippen LogP contribution is 2.31. The van der Waals surface area contributed by atoms with Crippen molar-refractivity contribution in [1.29, 1.82) is 0 Å². The van der Waals surface area contributed by atoms with Gasteiger partial charge in [-0.2, -0.15) is 0 Å². The van der Waals surface area contributed by atoms with Crippen LogP contribution in [0.5, 0.6) is 0 Å². The van der Waals surface area contributed by atoms with E-state index in [9.17, 15) is 4.79 Å². The van der Waals surface area contributed by atoms with Crippen LogP contribution in [0.3, 0.4) is 0 Å². The summed E-state index contributed by atoms with van der Waals surface area (Å²) in [5, 5.41) is 4.23. The Kier molecular flexibility index (Phi) is 4.36. The zero-order valence-electron chi connectivity index (χ0n) is 12.1. The molecule has 1 aliphatic heterocycles. The Hall–Kier alpha value is -1.26. The number of anilines is 1. The van der Waals surface area contributed by atoms with Crippen molar-refractivity contribution < 1.29 is 4.79 Å². The number of nitrogens with one attached hydrogen (secondary N) is 1. The summed E-state index contributed by atoms with van der Waals surface area (Å²) in [5.74, 6) is -0.240. The van der Waals surface area contributed by atoms with Gasteiger partial charge in [-0.3, -0.25) is 4.79 Å². The van der Waals surface area contributed by atoms with Crippen LogP contribution in [0, 0.1) is 0 Å². The number of nitrogens with two attached hydrogens (primary N) is 1. The molecule has 1 aromatic carbocycles. The van der Waals surface area contributed by atoms with Crippen LogP contribution < -0.4 is 16.0 Å². The van der Waals surface area contributed by atoms with E-state index < -0.39 is 0 Å². The van der Waals surface area contributed by atoms with E-state index >= 15 is 0 Å². The number of primary amides is 1. The standard InChI is InChI=1S/C16H22ClN3O/c17-12-5-4-11(10-19-13-6-7-13)15(9-12)20-8-2-1-3-14(20)16(18)21/h4-5,9,13-14,19H,1-3,6-8,10H2,(H2,18,21). The topological polar surface area (TPSA) is 58.4 Å². The Morgan fingerprint density at radius 3 is 2.86 bits per heavy atom. The van der Waals surface area contributed by atoms with Gasteiger partial charge in [-0.1, -0.05) is 17.7 Å². The van der Waals surface area contributed by atoms with Crippen molar-refractivity contribution >= 4 is 23.2 Å². The molecular weight excluding hydrogens is 286 g/mol. The van der Waals surface area contributed by atoms with E-state index in [1.165, 1.54) is 18.4 Å². The Bertz CT molecular complexity index is 530. The third-order valence-electron chi connectivity index (χ3n) is 4.35. The molecular formula is C16H22ClN3O. The molecule has 1 saturated carbocycles. The second-order valence-corrected chi connectivity index (χ2v) is 6.47. The van der Waals surface area contributed by atoms with Crippen molar-refractivity contribution in [2.75, 3.05) is 11.4 Å². The number of amides is 1. The Morgan fingerprint density at radius 2 is 2.14 bits per heavy atom. The van der Waals surface area contributed by atoms with Crippen molar-refractivity contribution in [3.63, 3.8) is 0 Å². The molecule has 1 amide bonds. The predicted molar refractivity (Wildman–Crippen MR) is 85.5 cm³/mol. The zero-order chi connectivity index (χ0) is 14.8. The summed E-state index contributed by atoms with van der Waals surface area (Å²) < 4.78 is 0. The second kappa shape index (κ2) is 6.24. The molecule has 2 fully saturated rings. The normalized spacial score (nSPS) is 22.3. The summed E-state index contributed by atoms with van der Waals surface area (Å²) in [6.45, 7) is 1.68. The highest BCUT2D eigenvalue weighted by molar-refractivity contribution is 6.30. The fraction of sp³-hybridized carbons (Fsp3) is 0.562. The van der Waals surface area contributed by atoms with Gasteiger partial charge in [-0.05, 0) is 49.8 Å². The van der Waals surface area contributed by atoms with Gasteiger partial charge in [0, 0.05) is 29.8 Å². The van der Waals surface area contributed by atoms with E-state index in [0.717, 1.165) is 38.0 Å². The van der Waals surface area contributed by atoms with Gasteiger partial charge in [0.05, 0.1) is 0 Å². The molecule has 5 heteroatoms. The summed E-state index contributed by atoms with van der Waals surface area (Å²) >= 11 is 6.18. The highest BCUT2D eigenvalue weighted by atomic mass is 35.5. The molecule has 0 aromatic heterocycles. The molecule has 0 radical (unpaired) electrons. The third kappa shape index (κ3) is 3.50. The van der Waals surface area contributed by atoms with E-state index in [1.54, 1.807) is 0 Å². The minimum absolute atomic E-state index is 0.211.